The summed E-state index contributed by atoms with van der Waals surface area (Å²) in [4.78, 5) is 25.3. The molecule has 0 spiro atoms. The molecule has 1 atom stereocenters. The zero-order valence-electron chi connectivity index (χ0n) is 17.2. The minimum atomic E-state index is -3.83. The molecule has 1 aliphatic carbocycles. The van der Waals surface area contributed by atoms with Gasteiger partial charge in [0.1, 0.15) is 11.8 Å². The van der Waals surface area contributed by atoms with Crippen LogP contribution in [0.1, 0.15) is 36.0 Å². The van der Waals surface area contributed by atoms with E-state index in [2.05, 4.69) is 10.6 Å². The summed E-state index contributed by atoms with van der Waals surface area (Å²) in [6.45, 7) is 0.274. The first kappa shape index (κ1) is 21.3. The van der Waals surface area contributed by atoms with Crippen LogP contribution in [0.5, 0.6) is 5.75 Å². The summed E-state index contributed by atoms with van der Waals surface area (Å²) in [5.74, 6) is -0.0298. The van der Waals surface area contributed by atoms with Crippen molar-refractivity contribution in [2.24, 2.45) is 0 Å². The van der Waals surface area contributed by atoms with Crippen molar-refractivity contribution in [2.75, 3.05) is 19.0 Å². The number of carbonyl (C=O) groups excluding carboxylic acids is 2. The molecule has 1 saturated carbocycles. The maximum Gasteiger partial charge on any atom is 0.251 e. The maximum atomic E-state index is 13.1. The molecule has 2 aliphatic rings. The molecule has 0 radical (unpaired) electrons. The lowest BCUT2D eigenvalue weighted by molar-refractivity contribution is -0.119. The standard InChI is InChI=1S/C22H25N3O5S/c1-30-18-9-11-19(12-10-18)31(28,29)25-13-3-6-20(25)22(27)24-17-5-2-4-15(14-17)21(26)23-16-7-8-16/h2,4-5,9-12,14,16,20H,3,6-8,13H2,1H3,(H,23,26)(H,24,27)/t20-/m0/s1. The summed E-state index contributed by atoms with van der Waals surface area (Å²) in [5, 5.41) is 5.69. The predicted molar refractivity (Wildman–Crippen MR) is 115 cm³/mol. The van der Waals surface area contributed by atoms with Crippen LogP contribution in [-0.2, 0) is 14.8 Å². The third-order valence-electron chi connectivity index (χ3n) is 5.48. The van der Waals surface area contributed by atoms with Crippen molar-refractivity contribution >= 4 is 27.5 Å². The van der Waals surface area contributed by atoms with Gasteiger partial charge in [0.2, 0.25) is 15.9 Å². The number of hydrogen-bond acceptors (Lipinski definition) is 5. The van der Waals surface area contributed by atoms with E-state index in [1.165, 1.54) is 23.5 Å². The molecule has 1 saturated heterocycles. The molecule has 0 aromatic heterocycles. The Morgan fingerprint density at radius 1 is 1.06 bits per heavy atom. The average molecular weight is 444 g/mol. The molecule has 0 bridgehead atoms. The number of sulfonamides is 1. The zero-order valence-corrected chi connectivity index (χ0v) is 18.0. The van der Waals surface area contributed by atoms with Crippen LogP contribution in [-0.4, -0.2) is 50.3 Å². The minimum absolute atomic E-state index is 0.117. The quantitative estimate of drug-likeness (QED) is 0.684. The fourth-order valence-electron chi connectivity index (χ4n) is 3.63. The number of nitrogens with one attached hydrogen (secondary N) is 2. The van der Waals surface area contributed by atoms with E-state index in [9.17, 15) is 18.0 Å². The van der Waals surface area contributed by atoms with Gasteiger partial charge in [0.15, 0.2) is 0 Å². The van der Waals surface area contributed by atoms with Gasteiger partial charge < -0.3 is 15.4 Å². The minimum Gasteiger partial charge on any atom is -0.497 e. The highest BCUT2D eigenvalue weighted by molar-refractivity contribution is 7.89. The van der Waals surface area contributed by atoms with Gasteiger partial charge in [0, 0.05) is 23.8 Å². The van der Waals surface area contributed by atoms with Crippen molar-refractivity contribution in [3.05, 3.63) is 54.1 Å². The molecule has 9 heteroatoms. The third kappa shape index (κ3) is 4.72. The van der Waals surface area contributed by atoms with Crippen LogP contribution in [0.2, 0.25) is 0 Å². The highest BCUT2D eigenvalue weighted by atomic mass is 32.2. The summed E-state index contributed by atoms with van der Waals surface area (Å²) in [6, 6.07) is 12.2. The summed E-state index contributed by atoms with van der Waals surface area (Å²) < 4.78 is 32.5. The molecule has 4 rings (SSSR count). The zero-order chi connectivity index (χ0) is 22.0. The molecule has 2 aromatic rings. The average Bonchev–Trinajstić information content (AvgIpc) is 3.44. The van der Waals surface area contributed by atoms with Gasteiger partial charge in [0.05, 0.1) is 12.0 Å². The van der Waals surface area contributed by atoms with Crippen molar-refractivity contribution in [1.82, 2.24) is 9.62 Å². The van der Waals surface area contributed by atoms with E-state index >= 15 is 0 Å². The number of amides is 2. The Balaban J connectivity index is 1.48. The lowest BCUT2D eigenvalue weighted by Gasteiger charge is -2.23. The van der Waals surface area contributed by atoms with Crippen LogP contribution in [0.15, 0.2) is 53.4 Å². The van der Waals surface area contributed by atoms with E-state index in [1.807, 2.05) is 0 Å². The Hall–Kier alpha value is -2.91. The smallest absolute Gasteiger partial charge is 0.251 e. The first-order valence-electron chi connectivity index (χ1n) is 10.3. The first-order chi connectivity index (χ1) is 14.9. The van der Waals surface area contributed by atoms with Gasteiger partial charge in [-0.25, -0.2) is 8.42 Å². The van der Waals surface area contributed by atoms with Crippen molar-refractivity contribution in [1.29, 1.82) is 0 Å². The second kappa shape index (κ2) is 8.68. The van der Waals surface area contributed by atoms with Crippen LogP contribution in [0.3, 0.4) is 0 Å². The van der Waals surface area contributed by atoms with Gasteiger partial charge in [0.25, 0.3) is 5.91 Å². The van der Waals surface area contributed by atoms with E-state index in [0.717, 1.165) is 12.8 Å². The number of anilines is 1. The molecular formula is C22H25N3O5S. The number of hydrogen-bond donors (Lipinski definition) is 2. The van der Waals surface area contributed by atoms with Crippen molar-refractivity contribution in [3.8, 4) is 5.75 Å². The Labute approximate surface area is 181 Å². The largest absolute Gasteiger partial charge is 0.497 e. The van der Waals surface area contributed by atoms with Gasteiger partial charge in [-0.3, -0.25) is 9.59 Å². The van der Waals surface area contributed by atoms with E-state index in [-0.39, 0.29) is 23.4 Å². The van der Waals surface area contributed by atoms with Crippen molar-refractivity contribution < 1.29 is 22.7 Å². The molecule has 2 fully saturated rings. The highest BCUT2D eigenvalue weighted by Crippen LogP contribution is 2.28. The molecule has 2 aromatic carbocycles. The topological polar surface area (TPSA) is 105 Å². The lowest BCUT2D eigenvalue weighted by Crippen LogP contribution is -2.43. The van der Waals surface area contributed by atoms with Gasteiger partial charge in [-0.05, 0) is 68.1 Å². The Morgan fingerprint density at radius 2 is 1.81 bits per heavy atom. The van der Waals surface area contributed by atoms with Crippen LogP contribution >= 0.6 is 0 Å². The van der Waals surface area contributed by atoms with E-state index in [4.69, 9.17) is 4.74 Å². The monoisotopic (exact) mass is 443 g/mol. The molecule has 1 aliphatic heterocycles. The van der Waals surface area contributed by atoms with Crippen molar-refractivity contribution in [2.45, 2.75) is 42.7 Å². The molecule has 0 unspecified atom stereocenters. The summed E-state index contributed by atoms with van der Waals surface area (Å²) in [5.41, 5.74) is 0.918. The normalized spacial score (nSPS) is 19.1. The highest BCUT2D eigenvalue weighted by Gasteiger charge is 2.39. The van der Waals surface area contributed by atoms with E-state index in [1.54, 1.807) is 36.4 Å². The molecule has 2 N–H and O–H groups in total. The fraction of sp³-hybridized carbons (Fsp3) is 0.364. The lowest BCUT2D eigenvalue weighted by atomic mass is 10.1. The second-order valence-corrected chi connectivity index (χ2v) is 9.66. The molecule has 8 nitrogen and oxygen atoms in total. The van der Waals surface area contributed by atoms with Crippen LogP contribution < -0.4 is 15.4 Å². The molecule has 2 amide bonds. The summed E-state index contributed by atoms with van der Waals surface area (Å²) >= 11 is 0. The second-order valence-electron chi connectivity index (χ2n) is 7.77. The molecule has 164 valence electrons. The predicted octanol–water partition coefficient (Wildman–Crippen LogP) is 2.38. The number of carbonyl (C=O) groups is 2. The Kier molecular flexibility index (Phi) is 5.97. The first-order valence-corrected chi connectivity index (χ1v) is 11.7. The van der Waals surface area contributed by atoms with Crippen LogP contribution in [0.4, 0.5) is 5.69 Å². The van der Waals surface area contributed by atoms with E-state index in [0.29, 0.717) is 29.8 Å². The van der Waals surface area contributed by atoms with Crippen molar-refractivity contribution in [3.63, 3.8) is 0 Å². The molecule has 31 heavy (non-hydrogen) atoms. The van der Waals surface area contributed by atoms with Gasteiger partial charge in [-0.2, -0.15) is 4.31 Å². The number of benzene rings is 2. The summed E-state index contributed by atoms with van der Waals surface area (Å²) in [7, 11) is -2.32. The maximum absolute atomic E-state index is 13.1. The SMILES string of the molecule is COc1ccc(S(=O)(=O)N2CCC[C@H]2C(=O)Nc2cccc(C(=O)NC3CC3)c2)cc1. The number of methoxy groups -OCH3 is 1. The van der Waals surface area contributed by atoms with Crippen LogP contribution in [0, 0.1) is 0 Å². The molecular weight excluding hydrogens is 418 g/mol. The number of rotatable bonds is 7. The number of nitrogens with zero attached hydrogens (tertiary/aromatic N) is 1. The number of ether oxygens (including phenoxy) is 1. The van der Waals surface area contributed by atoms with Gasteiger partial charge in [-0.1, -0.05) is 6.07 Å². The van der Waals surface area contributed by atoms with E-state index < -0.39 is 22.0 Å². The summed E-state index contributed by atoms with van der Waals surface area (Å²) in [6.07, 6.45) is 3.01. The molecule has 1 heterocycles. The van der Waals surface area contributed by atoms with Gasteiger partial charge >= 0.3 is 0 Å². The third-order valence-corrected chi connectivity index (χ3v) is 7.40. The Morgan fingerprint density at radius 3 is 2.48 bits per heavy atom. The fourth-order valence-corrected chi connectivity index (χ4v) is 5.29. The van der Waals surface area contributed by atoms with Gasteiger partial charge in [-0.15, -0.1) is 0 Å². The van der Waals surface area contributed by atoms with Crippen LogP contribution in [0.25, 0.3) is 0 Å². The Bertz CT molecular complexity index is 1080.